The predicted octanol–water partition coefficient (Wildman–Crippen LogP) is 6.18. The third-order valence-electron chi connectivity index (χ3n) is 4.15. The molecule has 0 fully saturated rings. The van der Waals surface area contributed by atoms with Crippen molar-refractivity contribution < 1.29 is 13.9 Å². The summed E-state index contributed by atoms with van der Waals surface area (Å²) < 4.78 is 19.2. The summed E-state index contributed by atoms with van der Waals surface area (Å²) in [6, 6.07) is 17.0. The van der Waals surface area contributed by atoms with E-state index in [1.807, 2.05) is 37.3 Å². The van der Waals surface area contributed by atoms with Crippen LogP contribution in [0.25, 0.3) is 0 Å². The number of aryl methyl sites for hydroxylation is 1. The summed E-state index contributed by atoms with van der Waals surface area (Å²) in [4.78, 5) is 12.0. The lowest BCUT2D eigenvalue weighted by atomic mass is 10.2. The van der Waals surface area contributed by atoms with Gasteiger partial charge in [-0.25, -0.2) is 4.39 Å². The second kappa shape index (κ2) is 9.76. The third-order valence-corrected chi connectivity index (χ3v) is 5.18. The third kappa shape index (κ3) is 6.21. The van der Waals surface area contributed by atoms with Crippen molar-refractivity contribution in [3.63, 3.8) is 0 Å². The van der Waals surface area contributed by atoms with Crippen molar-refractivity contribution in [3.05, 3.63) is 87.1 Å². The van der Waals surface area contributed by atoms with Crippen molar-refractivity contribution in [1.29, 1.82) is 0 Å². The molecule has 0 radical (unpaired) electrons. The number of carbonyl (C=O) groups is 1. The molecular weight excluding hydrogens is 459 g/mol. The van der Waals surface area contributed by atoms with Crippen LogP contribution in [0.2, 0.25) is 5.02 Å². The summed E-state index contributed by atoms with van der Waals surface area (Å²) in [5.74, 6) is -0.130. The molecule has 150 valence electrons. The van der Waals surface area contributed by atoms with E-state index in [2.05, 4.69) is 26.6 Å². The SMILES string of the molecule is Cc1ccc(NCc2ccc(OCC(=O)Nc3ccc(F)cc3)c(Br)c2)cc1Cl. The Kier molecular flexibility index (Phi) is 7.12. The Morgan fingerprint density at radius 2 is 1.79 bits per heavy atom. The van der Waals surface area contributed by atoms with E-state index >= 15 is 0 Å². The molecule has 0 aliphatic heterocycles. The van der Waals surface area contributed by atoms with Gasteiger partial charge in [-0.2, -0.15) is 0 Å². The van der Waals surface area contributed by atoms with Gasteiger partial charge in [0.1, 0.15) is 11.6 Å². The zero-order valence-electron chi connectivity index (χ0n) is 15.6. The molecule has 0 aliphatic carbocycles. The normalized spacial score (nSPS) is 10.5. The summed E-state index contributed by atoms with van der Waals surface area (Å²) in [5, 5.41) is 6.69. The number of benzene rings is 3. The molecule has 2 N–H and O–H groups in total. The second-order valence-electron chi connectivity index (χ2n) is 6.43. The van der Waals surface area contributed by atoms with E-state index in [0.29, 0.717) is 18.0 Å². The molecule has 0 spiro atoms. The molecule has 0 bridgehead atoms. The topological polar surface area (TPSA) is 50.4 Å². The number of anilines is 2. The van der Waals surface area contributed by atoms with Gasteiger partial charge in [0.2, 0.25) is 0 Å². The van der Waals surface area contributed by atoms with Crippen molar-refractivity contribution in [2.75, 3.05) is 17.2 Å². The number of amides is 1. The Morgan fingerprint density at radius 3 is 2.48 bits per heavy atom. The van der Waals surface area contributed by atoms with Crippen LogP contribution in [0.1, 0.15) is 11.1 Å². The first-order valence-electron chi connectivity index (χ1n) is 8.87. The Bertz CT molecular complexity index is 1010. The second-order valence-corrected chi connectivity index (χ2v) is 7.69. The molecule has 1 amide bonds. The standard InChI is InChI=1S/C22H19BrClFN2O2/c1-14-2-6-18(11-20(14)24)26-12-15-3-9-21(19(23)10-15)29-13-22(28)27-17-7-4-16(25)5-8-17/h2-11,26H,12-13H2,1H3,(H,27,28). The summed E-state index contributed by atoms with van der Waals surface area (Å²) in [6.45, 7) is 2.42. The molecule has 29 heavy (non-hydrogen) atoms. The van der Waals surface area contributed by atoms with Gasteiger partial charge in [0.15, 0.2) is 6.61 Å². The minimum absolute atomic E-state index is 0.157. The van der Waals surface area contributed by atoms with Crippen molar-refractivity contribution in [3.8, 4) is 5.75 Å². The molecule has 0 heterocycles. The Labute approximate surface area is 182 Å². The zero-order chi connectivity index (χ0) is 20.8. The summed E-state index contributed by atoms with van der Waals surface area (Å²) in [5.41, 5.74) is 3.52. The van der Waals surface area contributed by atoms with Crippen LogP contribution in [0.4, 0.5) is 15.8 Å². The van der Waals surface area contributed by atoms with Crippen LogP contribution in [0.3, 0.4) is 0 Å². The van der Waals surface area contributed by atoms with E-state index in [1.54, 1.807) is 6.07 Å². The highest BCUT2D eigenvalue weighted by atomic mass is 79.9. The summed E-state index contributed by atoms with van der Waals surface area (Å²) in [7, 11) is 0. The minimum atomic E-state index is -0.358. The molecular formula is C22H19BrClFN2O2. The van der Waals surface area contributed by atoms with Gasteiger partial charge >= 0.3 is 0 Å². The lowest BCUT2D eigenvalue weighted by Crippen LogP contribution is -2.20. The first kappa shape index (κ1) is 21.1. The summed E-state index contributed by atoms with van der Waals surface area (Å²) in [6.07, 6.45) is 0. The number of ether oxygens (including phenoxy) is 1. The highest BCUT2D eigenvalue weighted by Gasteiger charge is 2.08. The van der Waals surface area contributed by atoms with Crippen LogP contribution < -0.4 is 15.4 Å². The van der Waals surface area contributed by atoms with E-state index < -0.39 is 0 Å². The van der Waals surface area contributed by atoms with Gasteiger partial charge in [-0.05, 0) is 82.5 Å². The Hall–Kier alpha value is -2.57. The average Bonchev–Trinajstić information content (AvgIpc) is 2.70. The lowest BCUT2D eigenvalue weighted by Gasteiger charge is -2.12. The zero-order valence-corrected chi connectivity index (χ0v) is 18.0. The molecule has 0 unspecified atom stereocenters. The van der Waals surface area contributed by atoms with E-state index in [9.17, 15) is 9.18 Å². The molecule has 4 nitrogen and oxygen atoms in total. The van der Waals surface area contributed by atoms with Crippen LogP contribution in [-0.4, -0.2) is 12.5 Å². The van der Waals surface area contributed by atoms with E-state index in [-0.39, 0.29) is 18.3 Å². The van der Waals surface area contributed by atoms with Crippen molar-refractivity contribution in [2.24, 2.45) is 0 Å². The van der Waals surface area contributed by atoms with Crippen LogP contribution in [-0.2, 0) is 11.3 Å². The molecule has 0 atom stereocenters. The number of halogens is 3. The maximum absolute atomic E-state index is 12.9. The van der Waals surface area contributed by atoms with E-state index in [1.165, 1.54) is 24.3 Å². The Morgan fingerprint density at radius 1 is 1.07 bits per heavy atom. The van der Waals surface area contributed by atoms with Gasteiger partial charge in [-0.1, -0.05) is 23.7 Å². The average molecular weight is 478 g/mol. The molecule has 0 saturated heterocycles. The molecule has 3 aromatic carbocycles. The fraction of sp³-hybridized carbons (Fsp3) is 0.136. The highest BCUT2D eigenvalue weighted by molar-refractivity contribution is 9.10. The van der Waals surface area contributed by atoms with Gasteiger partial charge in [0, 0.05) is 22.9 Å². The number of rotatable bonds is 7. The van der Waals surface area contributed by atoms with Gasteiger partial charge in [0.25, 0.3) is 5.91 Å². The summed E-state index contributed by atoms with van der Waals surface area (Å²) >= 11 is 9.62. The molecule has 7 heteroatoms. The first-order valence-corrected chi connectivity index (χ1v) is 10.0. The van der Waals surface area contributed by atoms with Gasteiger partial charge in [-0.15, -0.1) is 0 Å². The number of hydrogen-bond donors (Lipinski definition) is 2. The smallest absolute Gasteiger partial charge is 0.262 e. The maximum atomic E-state index is 12.9. The van der Waals surface area contributed by atoms with Gasteiger partial charge in [-0.3, -0.25) is 4.79 Å². The van der Waals surface area contributed by atoms with Crippen molar-refractivity contribution in [1.82, 2.24) is 0 Å². The fourth-order valence-electron chi connectivity index (χ4n) is 2.55. The lowest BCUT2D eigenvalue weighted by molar-refractivity contribution is -0.118. The van der Waals surface area contributed by atoms with Crippen molar-refractivity contribution >= 4 is 44.8 Å². The van der Waals surface area contributed by atoms with Crippen LogP contribution in [0.15, 0.2) is 65.1 Å². The molecule has 0 saturated carbocycles. The van der Waals surface area contributed by atoms with Crippen molar-refractivity contribution in [2.45, 2.75) is 13.5 Å². The van der Waals surface area contributed by atoms with E-state index in [4.69, 9.17) is 16.3 Å². The van der Waals surface area contributed by atoms with Crippen LogP contribution in [0, 0.1) is 12.7 Å². The van der Waals surface area contributed by atoms with Gasteiger partial charge < -0.3 is 15.4 Å². The predicted molar refractivity (Wildman–Crippen MR) is 118 cm³/mol. The number of carbonyl (C=O) groups excluding carboxylic acids is 1. The number of nitrogens with one attached hydrogen (secondary N) is 2. The van der Waals surface area contributed by atoms with Crippen LogP contribution in [0.5, 0.6) is 5.75 Å². The van der Waals surface area contributed by atoms with E-state index in [0.717, 1.165) is 26.3 Å². The molecule has 3 aromatic rings. The monoisotopic (exact) mass is 476 g/mol. The maximum Gasteiger partial charge on any atom is 0.262 e. The van der Waals surface area contributed by atoms with Gasteiger partial charge in [0.05, 0.1) is 4.47 Å². The first-order chi connectivity index (χ1) is 13.9. The largest absolute Gasteiger partial charge is 0.483 e. The van der Waals surface area contributed by atoms with Crippen LogP contribution >= 0.6 is 27.5 Å². The molecule has 0 aliphatic rings. The fourth-order valence-corrected chi connectivity index (χ4v) is 3.27. The quantitative estimate of drug-likeness (QED) is 0.427. The highest BCUT2D eigenvalue weighted by Crippen LogP contribution is 2.27. The minimum Gasteiger partial charge on any atom is -0.483 e. The number of hydrogen-bond acceptors (Lipinski definition) is 3. The Balaban J connectivity index is 1.52. The molecule has 0 aromatic heterocycles. The molecule has 3 rings (SSSR count).